The highest BCUT2D eigenvalue weighted by Gasteiger charge is 2.27. The Morgan fingerprint density at radius 3 is 2.52 bits per heavy atom. The number of rotatable bonds is 4. The predicted octanol–water partition coefficient (Wildman–Crippen LogP) is 3.99. The van der Waals surface area contributed by atoms with Crippen molar-refractivity contribution in [1.82, 2.24) is 10.2 Å². The molecule has 0 atom stereocenters. The van der Waals surface area contributed by atoms with Gasteiger partial charge in [0.05, 0.1) is 7.11 Å². The molecule has 0 spiro atoms. The molecule has 1 saturated heterocycles. The number of nitrogens with zero attached hydrogens (tertiary/aromatic N) is 1. The van der Waals surface area contributed by atoms with Crippen molar-refractivity contribution in [3.05, 3.63) is 34.3 Å². The van der Waals surface area contributed by atoms with E-state index in [9.17, 15) is 9.59 Å². The number of benzene rings is 1. The topological polar surface area (TPSA) is 67.9 Å². The molecule has 2 amide bonds. The molecule has 2 rings (SSSR count). The Morgan fingerprint density at radius 2 is 1.93 bits per heavy atom. The van der Waals surface area contributed by atoms with E-state index in [1.54, 1.807) is 18.1 Å². The van der Waals surface area contributed by atoms with Crippen molar-refractivity contribution in [2.75, 3.05) is 20.2 Å². The molecule has 1 aromatic rings. The first-order chi connectivity index (χ1) is 12.7. The standard InChI is InChI=1S/C20H27BrN2O4/c1-20(2,3)27-19(25)23-11-9-16(10-12-23)22-18(24)8-5-14-13-15(21)6-7-17(14)26-4/h5-8,13,16H,9-12H2,1-4H3,(H,22,24)/b8-5+. The van der Waals surface area contributed by atoms with Gasteiger partial charge in [0.2, 0.25) is 5.91 Å². The van der Waals surface area contributed by atoms with Crippen LogP contribution >= 0.6 is 15.9 Å². The number of halogens is 1. The third-order valence-electron chi connectivity index (χ3n) is 4.10. The SMILES string of the molecule is COc1ccc(Br)cc1/C=C/C(=O)NC1CCN(C(=O)OC(C)(C)C)CC1. The summed E-state index contributed by atoms with van der Waals surface area (Å²) in [7, 11) is 1.60. The quantitative estimate of drug-likeness (QED) is 0.721. The second-order valence-corrected chi connectivity index (χ2v) is 8.39. The number of hydrogen-bond donors (Lipinski definition) is 1. The summed E-state index contributed by atoms with van der Waals surface area (Å²) in [5, 5.41) is 2.99. The minimum Gasteiger partial charge on any atom is -0.496 e. The van der Waals surface area contributed by atoms with Gasteiger partial charge in [-0.05, 0) is 57.9 Å². The lowest BCUT2D eigenvalue weighted by molar-refractivity contribution is -0.117. The molecule has 27 heavy (non-hydrogen) atoms. The molecule has 0 bridgehead atoms. The molecule has 1 N–H and O–H groups in total. The van der Waals surface area contributed by atoms with E-state index in [1.165, 1.54) is 6.08 Å². The maximum Gasteiger partial charge on any atom is 0.410 e. The van der Waals surface area contributed by atoms with Gasteiger partial charge in [-0.2, -0.15) is 0 Å². The molecule has 0 unspecified atom stereocenters. The van der Waals surface area contributed by atoms with Gasteiger partial charge in [-0.15, -0.1) is 0 Å². The molecular formula is C20H27BrN2O4. The number of methoxy groups -OCH3 is 1. The maximum absolute atomic E-state index is 12.2. The van der Waals surface area contributed by atoms with Crippen LogP contribution in [0, 0.1) is 0 Å². The molecule has 1 aliphatic heterocycles. The van der Waals surface area contributed by atoms with Crippen molar-refractivity contribution in [2.45, 2.75) is 45.3 Å². The summed E-state index contributed by atoms with van der Waals surface area (Å²) in [5.41, 5.74) is 0.322. The minimum absolute atomic E-state index is 0.0465. The fraction of sp³-hybridized carbons (Fsp3) is 0.500. The number of piperidine rings is 1. The highest BCUT2D eigenvalue weighted by molar-refractivity contribution is 9.10. The van der Waals surface area contributed by atoms with Crippen LogP contribution in [0.15, 0.2) is 28.7 Å². The summed E-state index contributed by atoms with van der Waals surface area (Å²) in [5.74, 6) is 0.542. The van der Waals surface area contributed by atoms with E-state index in [1.807, 2.05) is 39.0 Å². The molecule has 148 valence electrons. The van der Waals surface area contributed by atoms with E-state index in [2.05, 4.69) is 21.2 Å². The molecule has 1 heterocycles. The summed E-state index contributed by atoms with van der Waals surface area (Å²) < 4.78 is 11.6. The second-order valence-electron chi connectivity index (χ2n) is 7.47. The molecule has 7 heteroatoms. The lowest BCUT2D eigenvalue weighted by atomic mass is 10.1. The fourth-order valence-corrected chi connectivity index (χ4v) is 3.16. The van der Waals surface area contributed by atoms with Crippen LogP contribution in [0.4, 0.5) is 4.79 Å². The lowest BCUT2D eigenvalue weighted by Crippen LogP contribution is -2.47. The summed E-state index contributed by atoms with van der Waals surface area (Å²) >= 11 is 3.42. The smallest absolute Gasteiger partial charge is 0.410 e. The van der Waals surface area contributed by atoms with Crippen LogP contribution in [-0.2, 0) is 9.53 Å². The molecular weight excluding hydrogens is 412 g/mol. The van der Waals surface area contributed by atoms with E-state index in [-0.39, 0.29) is 18.0 Å². The Bertz CT molecular complexity index is 704. The van der Waals surface area contributed by atoms with Crippen LogP contribution in [0.5, 0.6) is 5.75 Å². The second kappa shape index (κ2) is 9.26. The van der Waals surface area contributed by atoms with Crippen molar-refractivity contribution < 1.29 is 19.1 Å². The Kier molecular flexibility index (Phi) is 7.30. The van der Waals surface area contributed by atoms with Gasteiger partial charge in [0.25, 0.3) is 0 Å². The number of carbonyl (C=O) groups excluding carboxylic acids is 2. The third-order valence-corrected chi connectivity index (χ3v) is 4.59. The summed E-state index contributed by atoms with van der Waals surface area (Å²) in [6.45, 7) is 6.70. The third kappa shape index (κ3) is 6.90. The van der Waals surface area contributed by atoms with E-state index in [4.69, 9.17) is 9.47 Å². The van der Waals surface area contributed by atoms with E-state index >= 15 is 0 Å². The van der Waals surface area contributed by atoms with E-state index in [0.717, 1.165) is 10.0 Å². The van der Waals surface area contributed by atoms with Crippen molar-refractivity contribution in [2.24, 2.45) is 0 Å². The van der Waals surface area contributed by atoms with Crippen LogP contribution in [0.1, 0.15) is 39.2 Å². The van der Waals surface area contributed by atoms with Crippen LogP contribution in [0.25, 0.3) is 6.08 Å². The molecule has 1 aliphatic rings. The number of likely N-dealkylation sites (tertiary alicyclic amines) is 1. The lowest BCUT2D eigenvalue weighted by Gasteiger charge is -2.33. The van der Waals surface area contributed by atoms with Crippen LogP contribution < -0.4 is 10.1 Å². The highest BCUT2D eigenvalue weighted by atomic mass is 79.9. The molecule has 0 radical (unpaired) electrons. The zero-order valence-electron chi connectivity index (χ0n) is 16.3. The van der Waals surface area contributed by atoms with Crippen molar-refractivity contribution in [1.29, 1.82) is 0 Å². The van der Waals surface area contributed by atoms with Crippen LogP contribution in [-0.4, -0.2) is 48.7 Å². The summed E-state index contributed by atoms with van der Waals surface area (Å²) in [6.07, 6.45) is 4.35. The Balaban J connectivity index is 1.84. The Labute approximate surface area is 169 Å². The number of ether oxygens (including phenoxy) is 2. The molecule has 0 aromatic heterocycles. The monoisotopic (exact) mass is 438 g/mol. The first-order valence-corrected chi connectivity index (χ1v) is 9.77. The summed E-state index contributed by atoms with van der Waals surface area (Å²) in [6, 6.07) is 5.66. The van der Waals surface area contributed by atoms with Gasteiger partial charge in [0.15, 0.2) is 0 Å². The zero-order valence-corrected chi connectivity index (χ0v) is 17.8. The normalized spacial score (nSPS) is 15.7. The van der Waals surface area contributed by atoms with Gasteiger partial charge >= 0.3 is 6.09 Å². The molecule has 6 nitrogen and oxygen atoms in total. The number of amides is 2. The molecule has 1 fully saturated rings. The van der Waals surface area contributed by atoms with Crippen LogP contribution in [0.3, 0.4) is 0 Å². The first kappa shape index (κ1) is 21.3. The highest BCUT2D eigenvalue weighted by Crippen LogP contribution is 2.24. The Hall–Kier alpha value is -2.02. The maximum atomic E-state index is 12.2. The molecule has 0 aliphatic carbocycles. The first-order valence-electron chi connectivity index (χ1n) is 8.98. The van der Waals surface area contributed by atoms with Crippen molar-refractivity contribution in [3.8, 4) is 5.75 Å². The Morgan fingerprint density at radius 1 is 1.26 bits per heavy atom. The zero-order chi connectivity index (χ0) is 20.0. The van der Waals surface area contributed by atoms with E-state index < -0.39 is 5.60 Å². The van der Waals surface area contributed by atoms with Crippen molar-refractivity contribution >= 4 is 34.0 Å². The number of hydrogen-bond acceptors (Lipinski definition) is 4. The molecule has 1 aromatic carbocycles. The van der Waals surface area contributed by atoms with Gasteiger partial charge in [-0.25, -0.2) is 4.79 Å². The van der Waals surface area contributed by atoms with Gasteiger partial charge in [-0.3, -0.25) is 4.79 Å². The van der Waals surface area contributed by atoms with Gasteiger partial charge < -0.3 is 19.7 Å². The average molecular weight is 439 g/mol. The average Bonchev–Trinajstić information content (AvgIpc) is 2.59. The summed E-state index contributed by atoms with van der Waals surface area (Å²) in [4.78, 5) is 26.0. The van der Waals surface area contributed by atoms with Gasteiger partial charge in [-0.1, -0.05) is 15.9 Å². The van der Waals surface area contributed by atoms with Crippen LogP contribution in [0.2, 0.25) is 0 Å². The van der Waals surface area contributed by atoms with Gasteiger partial charge in [0, 0.05) is 35.2 Å². The predicted molar refractivity (Wildman–Crippen MR) is 109 cm³/mol. The number of nitrogens with one attached hydrogen (secondary N) is 1. The van der Waals surface area contributed by atoms with Crippen molar-refractivity contribution in [3.63, 3.8) is 0 Å². The largest absolute Gasteiger partial charge is 0.496 e. The van der Waals surface area contributed by atoms with Gasteiger partial charge in [0.1, 0.15) is 11.4 Å². The minimum atomic E-state index is -0.500. The molecule has 0 saturated carbocycles. The van der Waals surface area contributed by atoms with E-state index in [0.29, 0.717) is 31.7 Å². The number of carbonyl (C=O) groups is 2. The fourth-order valence-electron chi connectivity index (χ4n) is 2.78.